The van der Waals surface area contributed by atoms with Crippen LogP contribution in [0, 0.1) is 6.92 Å². The zero-order valence-corrected chi connectivity index (χ0v) is 15.0. The van der Waals surface area contributed by atoms with Gasteiger partial charge in [0, 0.05) is 49.1 Å². The summed E-state index contributed by atoms with van der Waals surface area (Å²) in [5.74, 6) is -0.454. The molecular weight excluding hydrogens is 344 g/mol. The Bertz CT molecular complexity index is 972. The van der Waals surface area contributed by atoms with Gasteiger partial charge in [0.25, 0.3) is 11.7 Å². The molecule has 0 aliphatic carbocycles. The molecule has 4 rings (SSSR count). The van der Waals surface area contributed by atoms with E-state index in [4.69, 9.17) is 4.74 Å². The van der Waals surface area contributed by atoms with Crippen LogP contribution in [-0.4, -0.2) is 51.0 Å². The monoisotopic (exact) mass is 364 g/mol. The normalized spacial score (nSPS) is 15.1. The number of aryl methyl sites for hydroxylation is 1. The van der Waals surface area contributed by atoms with Gasteiger partial charge in [-0.3, -0.25) is 9.59 Å². The summed E-state index contributed by atoms with van der Waals surface area (Å²) < 4.78 is 5.83. The number of nitrogens with zero attached hydrogens (tertiary/aromatic N) is 3. The molecule has 1 fully saturated rings. The third kappa shape index (κ3) is 3.53. The van der Waals surface area contributed by atoms with E-state index in [1.165, 1.54) is 0 Å². The highest BCUT2D eigenvalue weighted by Crippen LogP contribution is 2.21. The van der Waals surface area contributed by atoms with E-state index in [0.717, 1.165) is 16.6 Å². The number of aromatic nitrogens is 3. The number of carbonyl (C=O) groups excluding carboxylic acids is 2. The predicted molar refractivity (Wildman–Crippen MR) is 99.6 cm³/mol. The maximum Gasteiger partial charge on any atom is 0.295 e. The molecule has 1 saturated heterocycles. The van der Waals surface area contributed by atoms with Crippen molar-refractivity contribution >= 4 is 22.6 Å². The standard InChI is InChI=1S/C20H20N4O3/c1-13-6-7-18(23-22-13)27-14-8-10-24(11-9-14)20(26)19(25)16-12-21-17-5-3-2-4-15(16)17/h2-7,12,14,21H,8-11H2,1H3. The fourth-order valence-electron chi connectivity index (χ4n) is 3.32. The highest BCUT2D eigenvalue weighted by atomic mass is 16.5. The van der Waals surface area contributed by atoms with Crippen LogP contribution in [0.2, 0.25) is 0 Å². The van der Waals surface area contributed by atoms with Gasteiger partial charge in [-0.1, -0.05) is 18.2 Å². The lowest BCUT2D eigenvalue weighted by atomic mass is 10.0. The Kier molecular flexibility index (Phi) is 4.58. The number of amides is 1. The molecule has 2 aromatic heterocycles. The first-order chi connectivity index (χ1) is 13.1. The lowest BCUT2D eigenvalue weighted by Crippen LogP contribution is -2.44. The number of ketones is 1. The minimum Gasteiger partial charge on any atom is -0.473 e. The Morgan fingerprint density at radius 2 is 1.89 bits per heavy atom. The summed E-state index contributed by atoms with van der Waals surface area (Å²) in [4.78, 5) is 29.9. The van der Waals surface area contributed by atoms with Gasteiger partial charge in [0.1, 0.15) is 6.10 Å². The summed E-state index contributed by atoms with van der Waals surface area (Å²) in [6, 6.07) is 11.1. The number of Topliss-reactive ketones (excluding diaryl/α,β-unsaturated/α-hetero) is 1. The van der Waals surface area contributed by atoms with E-state index in [2.05, 4.69) is 15.2 Å². The van der Waals surface area contributed by atoms with E-state index in [1.54, 1.807) is 17.2 Å². The molecule has 0 radical (unpaired) electrons. The molecule has 7 heteroatoms. The molecule has 7 nitrogen and oxygen atoms in total. The minimum atomic E-state index is -0.476. The first-order valence-electron chi connectivity index (χ1n) is 8.98. The average Bonchev–Trinajstić information content (AvgIpc) is 3.13. The molecule has 1 aliphatic heterocycles. The van der Waals surface area contributed by atoms with Crippen LogP contribution in [0.1, 0.15) is 28.9 Å². The quantitative estimate of drug-likeness (QED) is 0.568. The van der Waals surface area contributed by atoms with Crippen LogP contribution in [0.15, 0.2) is 42.6 Å². The molecule has 27 heavy (non-hydrogen) atoms. The van der Waals surface area contributed by atoms with Crippen LogP contribution >= 0.6 is 0 Å². The summed E-state index contributed by atoms with van der Waals surface area (Å²) in [6.07, 6.45) is 2.89. The van der Waals surface area contributed by atoms with Crippen LogP contribution in [0.5, 0.6) is 5.88 Å². The predicted octanol–water partition coefficient (Wildman–Crippen LogP) is 2.52. The van der Waals surface area contributed by atoms with Crippen LogP contribution in [-0.2, 0) is 4.79 Å². The fourth-order valence-corrected chi connectivity index (χ4v) is 3.32. The Morgan fingerprint density at radius 1 is 1.11 bits per heavy atom. The number of rotatable bonds is 4. The van der Waals surface area contributed by atoms with Crippen molar-refractivity contribution in [2.75, 3.05) is 13.1 Å². The second kappa shape index (κ2) is 7.19. The van der Waals surface area contributed by atoms with Gasteiger partial charge in [0.05, 0.1) is 11.3 Å². The van der Waals surface area contributed by atoms with Crippen molar-refractivity contribution in [2.24, 2.45) is 0 Å². The summed E-state index contributed by atoms with van der Waals surface area (Å²) in [7, 11) is 0. The SMILES string of the molecule is Cc1ccc(OC2CCN(C(=O)C(=O)c3c[nH]c4ccccc34)CC2)nn1. The summed E-state index contributed by atoms with van der Waals surface area (Å²) in [6.45, 7) is 2.83. The van der Waals surface area contributed by atoms with Gasteiger partial charge in [-0.15, -0.1) is 5.10 Å². The number of likely N-dealkylation sites (tertiary alicyclic amines) is 1. The summed E-state index contributed by atoms with van der Waals surface area (Å²) in [5, 5.41) is 8.75. The van der Waals surface area contributed by atoms with Crippen molar-refractivity contribution in [1.82, 2.24) is 20.1 Å². The van der Waals surface area contributed by atoms with Gasteiger partial charge in [0.2, 0.25) is 5.88 Å². The average molecular weight is 364 g/mol. The van der Waals surface area contributed by atoms with Crippen molar-refractivity contribution in [3.63, 3.8) is 0 Å². The van der Waals surface area contributed by atoms with Gasteiger partial charge >= 0.3 is 0 Å². The molecule has 1 aliphatic rings. The van der Waals surface area contributed by atoms with Crippen LogP contribution in [0.25, 0.3) is 10.9 Å². The first-order valence-corrected chi connectivity index (χ1v) is 8.98. The summed E-state index contributed by atoms with van der Waals surface area (Å²) >= 11 is 0. The van der Waals surface area contributed by atoms with E-state index in [0.29, 0.717) is 37.4 Å². The lowest BCUT2D eigenvalue weighted by Gasteiger charge is -2.31. The largest absolute Gasteiger partial charge is 0.473 e. The zero-order chi connectivity index (χ0) is 18.8. The molecule has 0 saturated carbocycles. The van der Waals surface area contributed by atoms with Crippen molar-refractivity contribution in [3.8, 4) is 5.88 Å². The number of para-hydroxylation sites is 1. The van der Waals surface area contributed by atoms with Crippen LogP contribution in [0.3, 0.4) is 0 Å². The molecule has 1 N–H and O–H groups in total. The van der Waals surface area contributed by atoms with Crippen molar-refractivity contribution in [2.45, 2.75) is 25.9 Å². The topological polar surface area (TPSA) is 88.2 Å². The minimum absolute atomic E-state index is 0.0331. The van der Waals surface area contributed by atoms with Crippen molar-refractivity contribution < 1.29 is 14.3 Å². The molecule has 0 atom stereocenters. The van der Waals surface area contributed by atoms with Crippen LogP contribution < -0.4 is 4.74 Å². The maximum atomic E-state index is 12.7. The number of aromatic amines is 1. The molecule has 138 valence electrons. The highest BCUT2D eigenvalue weighted by molar-refractivity contribution is 6.44. The molecular formula is C20H20N4O3. The van der Waals surface area contributed by atoms with Gasteiger partial charge in [-0.25, -0.2) is 0 Å². The van der Waals surface area contributed by atoms with E-state index in [-0.39, 0.29) is 6.10 Å². The third-order valence-corrected chi connectivity index (χ3v) is 4.82. The van der Waals surface area contributed by atoms with E-state index in [1.807, 2.05) is 37.3 Å². The second-order valence-corrected chi connectivity index (χ2v) is 6.70. The number of carbonyl (C=O) groups is 2. The molecule has 0 unspecified atom stereocenters. The Morgan fingerprint density at radius 3 is 2.63 bits per heavy atom. The molecule has 1 amide bonds. The van der Waals surface area contributed by atoms with E-state index < -0.39 is 11.7 Å². The molecule has 3 aromatic rings. The highest BCUT2D eigenvalue weighted by Gasteiger charge is 2.29. The number of H-pyrrole nitrogens is 1. The Hall–Kier alpha value is -3.22. The number of piperidine rings is 1. The Labute approximate surface area is 156 Å². The van der Waals surface area contributed by atoms with Crippen LogP contribution in [0.4, 0.5) is 0 Å². The van der Waals surface area contributed by atoms with Crippen molar-refractivity contribution in [3.05, 3.63) is 53.9 Å². The fraction of sp³-hybridized carbons (Fsp3) is 0.300. The lowest BCUT2D eigenvalue weighted by molar-refractivity contribution is -0.128. The van der Waals surface area contributed by atoms with Gasteiger partial charge in [-0.2, -0.15) is 5.10 Å². The second-order valence-electron chi connectivity index (χ2n) is 6.70. The summed E-state index contributed by atoms with van der Waals surface area (Å²) in [5.41, 5.74) is 2.10. The molecule has 0 spiro atoms. The van der Waals surface area contributed by atoms with Gasteiger partial charge < -0.3 is 14.6 Å². The number of ether oxygens (including phenoxy) is 1. The Balaban J connectivity index is 1.38. The molecule has 1 aromatic carbocycles. The molecule has 0 bridgehead atoms. The number of hydrogen-bond donors (Lipinski definition) is 1. The van der Waals surface area contributed by atoms with E-state index >= 15 is 0 Å². The number of fused-ring (bicyclic) bond motifs is 1. The van der Waals surface area contributed by atoms with Crippen molar-refractivity contribution in [1.29, 1.82) is 0 Å². The smallest absolute Gasteiger partial charge is 0.295 e. The zero-order valence-electron chi connectivity index (χ0n) is 15.0. The number of nitrogens with one attached hydrogen (secondary N) is 1. The third-order valence-electron chi connectivity index (χ3n) is 4.82. The number of benzene rings is 1. The van der Waals surface area contributed by atoms with E-state index in [9.17, 15) is 9.59 Å². The van der Waals surface area contributed by atoms with Gasteiger partial charge in [-0.05, 0) is 19.1 Å². The number of hydrogen-bond acceptors (Lipinski definition) is 5. The maximum absolute atomic E-state index is 12.7. The molecule has 3 heterocycles. The first kappa shape index (κ1) is 17.2. The van der Waals surface area contributed by atoms with Gasteiger partial charge in [0.15, 0.2) is 0 Å².